The molecule has 1 aliphatic rings. The number of aromatic nitrogens is 2. The first-order valence-corrected chi connectivity index (χ1v) is 8.73. The van der Waals surface area contributed by atoms with Gasteiger partial charge < -0.3 is 21.1 Å². The highest BCUT2D eigenvalue weighted by molar-refractivity contribution is 5.95. The number of hydrogen-bond donors (Lipinski definition) is 4. The van der Waals surface area contributed by atoms with Gasteiger partial charge in [-0.05, 0) is 47.4 Å². The summed E-state index contributed by atoms with van der Waals surface area (Å²) < 4.78 is 5.29. The molecule has 1 unspecified atom stereocenters. The monoisotopic (exact) mass is 363 g/mol. The molecule has 3 aromatic rings. The van der Waals surface area contributed by atoms with Crippen LogP contribution in [0.15, 0.2) is 48.7 Å². The number of ether oxygens (including phenoxy) is 1. The Hall–Kier alpha value is -3.32. The van der Waals surface area contributed by atoms with E-state index in [1.165, 1.54) is 5.56 Å². The van der Waals surface area contributed by atoms with Gasteiger partial charge >= 0.3 is 0 Å². The number of benzene rings is 2. The summed E-state index contributed by atoms with van der Waals surface area (Å²) in [6.45, 7) is 0.663. The van der Waals surface area contributed by atoms with E-state index in [9.17, 15) is 4.79 Å². The molecule has 1 aliphatic heterocycles. The van der Waals surface area contributed by atoms with Crippen LogP contribution in [0.3, 0.4) is 0 Å². The fourth-order valence-corrected chi connectivity index (χ4v) is 3.29. The molecule has 0 radical (unpaired) electrons. The average Bonchev–Trinajstić information content (AvgIpc) is 3.13. The van der Waals surface area contributed by atoms with Crippen LogP contribution >= 0.6 is 0 Å². The van der Waals surface area contributed by atoms with Crippen LogP contribution in [0.5, 0.6) is 5.75 Å². The fourth-order valence-electron chi connectivity index (χ4n) is 3.29. The summed E-state index contributed by atoms with van der Waals surface area (Å²) in [5.41, 5.74) is 10.7. The summed E-state index contributed by atoms with van der Waals surface area (Å²) in [6, 6.07) is 13.2. The quantitative estimate of drug-likeness (QED) is 0.569. The molecule has 2 aromatic carbocycles. The first kappa shape index (κ1) is 17.1. The van der Waals surface area contributed by atoms with Gasteiger partial charge in [-0.25, -0.2) is 0 Å². The van der Waals surface area contributed by atoms with Crippen LogP contribution in [0.2, 0.25) is 0 Å². The van der Waals surface area contributed by atoms with Crippen molar-refractivity contribution >= 4 is 17.4 Å². The SMILES string of the molecule is COc1ccc2c(c1)CC(C(=O)Nc1ccc(-c3cn[nH]c3N)cc1)NC2. The number of rotatable bonds is 4. The molecule has 4 rings (SSSR count). The lowest BCUT2D eigenvalue weighted by atomic mass is 9.95. The van der Waals surface area contributed by atoms with Crippen molar-refractivity contribution in [3.8, 4) is 16.9 Å². The molecule has 7 heteroatoms. The van der Waals surface area contributed by atoms with Crippen LogP contribution in [0.1, 0.15) is 11.1 Å². The molecule has 0 spiro atoms. The van der Waals surface area contributed by atoms with Gasteiger partial charge in [-0.3, -0.25) is 9.89 Å². The molecule has 0 saturated carbocycles. The molecule has 0 saturated heterocycles. The molecule has 1 aromatic heterocycles. The van der Waals surface area contributed by atoms with Crippen LogP contribution in [-0.2, 0) is 17.8 Å². The molecule has 1 atom stereocenters. The number of nitrogens with zero attached hydrogens (tertiary/aromatic N) is 1. The van der Waals surface area contributed by atoms with Crippen LogP contribution < -0.4 is 21.1 Å². The predicted molar refractivity (Wildman–Crippen MR) is 104 cm³/mol. The lowest BCUT2D eigenvalue weighted by Gasteiger charge is -2.25. The van der Waals surface area contributed by atoms with Gasteiger partial charge in [0.2, 0.25) is 5.91 Å². The molecule has 138 valence electrons. The number of fused-ring (bicyclic) bond motifs is 1. The van der Waals surface area contributed by atoms with Crippen molar-refractivity contribution in [3.63, 3.8) is 0 Å². The zero-order chi connectivity index (χ0) is 18.8. The molecular formula is C20H21N5O2. The molecule has 7 nitrogen and oxygen atoms in total. The Labute approximate surface area is 156 Å². The lowest BCUT2D eigenvalue weighted by molar-refractivity contribution is -0.118. The van der Waals surface area contributed by atoms with Crippen molar-refractivity contribution in [3.05, 3.63) is 59.8 Å². The van der Waals surface area contributed by atoms with Crippen LogP contribution in [0.4, 0.5) is 11.5 Å². The zero-order valence-electron chi connectivity index (χ0n) is 15.0. The van der Waals surface area contributed by atoms with Gasteiger partial charge in [-0.1, -0.05) is 18.2 Å². The molecular weight excluding hydrogens is 342 g/mol. The van der Waals surface area contributed by atoms with Crippen LogP contribution in [-0.4, -0.2) is 29.3 Å². The van der Waals surface area contributed by atoms with Gasteiger partial charge in [-0.15, -0.1) is 0 Å². The van der Waals surface area contributed by atoms with Gasteiger partial charge in [0.15, 0.2) is 0 Å². The summed E-state index contributed by atoms with van der Waals surface area (Å²) in [6.07, 6.45) is 2.31. The fraction of sp³-hybridized carbons (Fsp3) is 0.200. The first-order valence-electron chi connectivity index (χ1n) is 8.73. The molecule has 1 amide bonds. The van der Waals surface area contributed by atoms with Crippen LogP contribution in [0.25, 0.3) is 11.1 Å². The number of carbonyl (C=O) groups is 1. The number of amides is 1. The zero-order valence-corrected chi connectivity index (χ0v) is 15.0. The Bertz CT molecular complexity index is 965. The van der Waals surface area contributed by atoms with E-state index < -0.39 is 0 Å². The van der Waals surface area contributed by atoms with E-state index in [0.717, 1.165) is 28.1 Å². The minimum atomic E-state index is -0.284. The third kappa shape index (κ3) is 3.50. The van der Waals surface area contributed by atoms with E-state index in [2.05, 4.69) is 20.8 Å². The summed E-state index contributed by atoms with van der Waals surface area (Å²) in [5.74, 6) is 1.27. The number of hydrogen-bond acceptors (Lipinski definition) is 5. The predicted octanol–water partition coefficient (Wildman–Crippen LogP) is 2.32. The second kappa shape index (κ2) is 7.13. The van der Waals surface area contributed by atoms with E-state index in [1.54, 1.807) is 13.3 Å². The Morgan fingerprint density at radius 1 is 1.22 bits per heavy atom. The van der Waals surface area contributed by atoms with Crippen molar-refractivity contribution in [2.45, 2.75) is 19.0 Å². The summed E-state index contributed by atoms with van der Waals surface area (Å²) in [7, 11) is 1.65. The smallest absolute Gasteiger partial charge is 0.241 e. The van der Waals surface area contributed by atoms with E-state index in [0.29, 0.717) is 18.8 Å². The first-order chi connectivity index (χ1) is 13.1. The number of H-pyrrole nitrogens is 1. The molecule has 0 bridgehead atoms. The van der Waals surface area contributed by atoms with Gasteiger partial charge in [0, 0.05) is 17.8 Å². The Morgan fingerprint density at radius 3 is 2.74 bits per heavy atom. The van der Waals surface area contributed by atoms with Gasteiger partial charge in [0.1, 0.15) is 11.6 Å². The number of aromatic amines is 1. The number of anilines is 2. The minimum Gasteiger partial charge on any atom is -0.497 e. The largest absolute Gasteiger partial charge is 0.497 e. The highest BCUT2D eigenvalue weighted by Gasteiger charge is 2.24. The summed E-state index contributed by atoms with van der Waals surface area (Å²) in [5, 5.41) is 12.9. The maximum absolute atomic E-state index is 12.7. The van der Waals surface area contributed by atoms with E-state index in [4.69, 9.17) is 10.5 Å². The maximum atomic E-state index is 12.7. The number of nitrogens with two attached hydrogens (primary N) is 1. The van der Waals surface area contributed by atoms with Crippen molar-refractivity contribution in [2.75, 3.05) is 18.2 Å². The standard InChI is InChI=1S/C20H21N5O2/c1-27-16-7-4-13-10-22-18(9-14(13)8-16)20(26)24-15-5-2-12(3-6-15)17-11-23-25-19(17)21/h2-8,11,18,22H,9-10H2,1H3,(H,24,26)(H3,21,23,25). The second-order valence-corrected chi connectivity index (χ2v) is 6.54. The van der Waals surface area contributed by atoms with Crippen molar-refractivity contribution < 1.29 is 9.53 Å². The van der Waals surface area contributed by atoms with E-state index in [-0.39, 0.29) is 11.9 Å². The summed E-state index contributed by atoms with van der Waals surface area (Å²) in [4.78, 5) is 12.7. The Kier molecular flexibility index (Phi) is 4.52. The molecule has 27 heavy (non-hydrogen) atoms. The highest BCUT2D eigenvalue weighted by atomic mass is 16.5. The normalized spacial score (nSPS) is 15.8. The maximum Gasteiger partial charge on any atom is 0.241 e. The minimum absolute atomic E-state index is 0.0564. The number of nitrogen functional groups attached to an aromatic ring is 1. The third-order valence-corrected chi connectivity index (χ3v) is 4.83. The number of carbonyl (C=O) groups excluding carboxylic acids is 1. The number of nitrogens with one attached hydrogen (secondary N) is 3. The van der Waals surface area contributed by atoms with E-state index in [1.807, 2.05) is 42.5 Å². The van der Waals surface area contributed by atoms with Crippen molar-refractivity contribution in [1.29, 1.82) is 0 Å². The van der Waals surface area contributed by atoms with Crippen molar-refractivity contribution in [1.82, 2.24) is 15.5 Å². The van der Waals surface area contributed by atoms with Crippen molar-refractivity contribution in [2.24, 2.45) is 0 Å². The molecule has 2 heterocycles. The topological polar surface area (TPSA) is 105 Å². The summed E-state index contributed by atoms with van der Waals surface area (Å²) >= 11 is 0. The second-order valence-electron chi connectivity index (χ2n) is 6.54. The van der Waals surface area contributed by atoms with Gasteiger partial charge in [0.25, 0.3) is 0 Å². The Morgan fingerprint density at radius 2 is 2.04 bits per heavy atom. The van der Waals surface area contributed by atoms with Gasteiger partial charge in [0.05, 0.1) is 19.3 Å². The molecule has 0 aliphatic carbocycles. The number of methoxy groups -OCH3 is 1. The average molecular weight is 363 g/mol. The highest BCUT2D eigenvalue weighted by Crippen LogP contribution is 2.26. The third-order valence-electron chi connectivity index (χ3n) is 4.83. The Balaban J connectivity index is 1.44. The molecule has 5 N–H and O–H groups in total. The van der Waals surface area contributed by atoms with Gasteiger partial charge in [-0.2, -0.15) is 5.10 Å². The van der Waals surface area contributed by atoms with E-state index >= 15 is 0 Å². The van der Waals surface area contributed by atoms with Crippen LogP contribution in [0, 0.1) is 0 Å². The lowest BCUT2D eigenvalue weighted by Crippen LogP contribution is -2.44. The molecule has 0 fully saturated rings.